The third-order valence-corrected chi connectivity index (χ3v) is 3.21. The van der Waals surface area contributed by atoms with Crippen molar-refractivity contribution < 1.29 is 8.78 Å². The topological polar surface area (TPSA) is 15.3 Å². The van der Waals surface area contributed by atoms with Crippen LogP contribution >= 0.6 is 11.6 Å². The summed E-state index contributed by atoms with van der Waals surface area (Å²) >= 11 is 6.06. The van der Waals surface area contributed by atoms with E-state index in [2.05, 4.69) is 10.2 Å². The molecule has 0 aliphatic carbocycles. The first-order chi connectivity index (χ1) is 8.18. The number of halogens is 3. The van der Waals surface area contributed by atoms with Crippen molar-refractivity contribution in [1.82, 2.24) is 5.32 Å². The molecular formula is C12H15ClF2N2. The summed E-state index contributed by atoms with van der Waals surface area (Å²) in [5, 5.41) is 3.70. The van der Waals surface area contributed by atoms with E-state index in [0.29, 0.717) is 5.02 Å². The average Bonchev–Trinajstić information content (AvgIpc) is 2.57. The molecule has 0 atom stereocenters. The highest BCUT2D eigenvalue weighted by Crippen LogP contribution is 2.30. The Balaban J connectivity index is 2.19. The van der Waals surface area contributed by atoms with E-state index in [1.54, 1.807) is 6.07 Å². The van der Waals surface area contributed by atoms with Gasteiger partial charge in [-0.1, -0.05) is 17.7 Å². The van der Waals surface area contributed by atoms with E-state index in [1.807, 2.05) is 0 Å². The van der Waals surface area contributed by atoms with E-state index in [9.17, 15) is 8.78 Å². The van der Waals surface area contributed by atoms with Crippen molar-refractivity contribution >= 4 is 17.3 Å². The van der Waals surface area contributed by atoms with Crippen LogP contribution in [0.2, 0.25) is 5.02 Å². The van der Waals surface area contributed by atoms with Gasteiger partial charge in [-0.2, -0.15) is 0 Å². The highest BCUT2D eigenvalue weighted by molar-refractivity contribution is 6.33. The lowest BCUT2D eigenvalue weighted by Gasteiger charge is -2.23. The molecule has 1 N–H and O–H groups in total. The summed E-state index contributed by atoms with van der Waals surface area (Å²) in [5.74, 6) is 0. The molecule has 17 heavy (non-hydrogen) atoms. The lowest BCUT2D eigenvalue weighted by atomic mass is 10.2. The molecule has 1 aromatic carbocycles. The molecule has 0 radical (unpaired) electrons. The van der Waals surface area contributed by atoms with Gasteiger partial charge in [0.25, 0.3) is 6.43 Å². The van der Waals surface area contributed by atoms with Crippen molar-refractivity contribution in [3.8, 4) is 0 Å². The summed E-state index contributed by atoms with van der Waals surface area (Å²) in [6.45, 7) is 3.64. The molecule has 1 aliphatic heterocycles. The number of alkyl halides is 2. The van der Waals surface area contributed by atoms with Crippen LogP contribution in [-0.4, -0.2) is 26.2 Å². The van der Waals surface area contributed by atoms with Gasteiger partial charge in [0.15, 0.2) is 0 Å². The molecule has 1 heterocycles. The van der Waals surface area contributed by atoms with Crippen LogP contribution in [-0.2, 0) is 0 Å². The smallest absolute Gasteiger partial charge is 0.263 e. The first-order valence-corrected chi connectivity index (χ1v) is 6.09. The van der Waals surface area contributed by atoms with Crippen molar-refractivity contribution in [3.05, 3.63) is 28.8 Å². The summed E-state index contributed by atoms with van der Waals surface area (Å²) in [5.41, 5.74) is 0.825. The summed E-state index contributed by atoms with van der Waals surface area (Å²) in [6.07, 6.45) is -1.43. The van der Waals surface area contributed by atoms with Gasteiger partial charge in [0, 0.05) is 25.2 Å². The summed E-state index contributed by atoms with van der Waals surface area (Å²) < 4.78 is 25.0. The van der Waals surface area contributed by atoms with E-state index < -0.39 is 6.43 Å². The number of nitrogens with zero attached hydrogens (tertiary/aromatic N) is 1. The molecule has 2 nitrogen and oxygen atoms in total. The third kappa shape index (κ3) is 3.07. The number of anilines is 1. The van der Waals surface area contributed by atoms with Crippen molar-refractivity contribution in [3.63, 3.8) is 0 Å². The molecule has 5 heteroatoms. The lowest BCUT2D eigenvalue weighted by molar-refractivity contribution is 0.151. The van der Waals surface area contributed by atoms with E-state index in [-0.39, 0.29) is 5.56 Å². The molecule has 0 amide bonds. The SMILES string of the molecule is FC(F)c1ccc(N2CCCNCC2)c(Cl)c1. The van der Waals surface area contributed by atoms with Crippen LogP contribution in [0.15, 0.2) is 18.2 Å². The van der Waals surface area contributed by atoms with Gasteiger partial charge in [0.1, 0.15) is 0 Å². The number of rotatable bonds is 2. The zero-order chi connectivity index (χ0) is 12.3. The number of hydrogen-bond acceptors (Lipinski definition) is 2. The van der Waals surface area contributed by atoms with Gasteiger partial charge < -0.3 is 10.2 Å². The Morgan fingerprint density at radius 3 is 2.76 bits per heavy atom. The van der Waals surface area contributed by atoms with Crippen LogP contribution in [0.4, 0.5) is 14.5 Å². The number of nitrogens with one attached hydrogen (secondary N) is 1. The van der Waals surface area contributed by atoms with Crippen LogP contribution in [0.1, 0.15) is 18.4 Å². The van der Waals surface area contributed by atoms with Gasteiger partial charge in [-0.25, -0.2) is 8.78 Å². The molecule has 1 fully saturated rings. The fourth-order valence-electron chi connectivity index (χ4n) is 2.00. The summed E-state index contributed by atoms with van der Waals surface area (Å²) in [4.78, 5) is 2.14. The van der Waals surface area contributed by atoms with E-state index in [0.717, 1.165) is 38.3 Å². The van der Waals surface area contributed by atoms with Crippen LogP contribution in [0.5, 0.6) is 0 Å². The number of hydrogen-bond donors (Lipinski definition) is 1. The fraction of sp³-hybridized carbons (Fsp3) is 0.500. The molecule has 94 valence electrons. The Bertz CT molecular complexity index is 377. The Labute approximate surface area is 105 Å². The van der Waals surface area contributed by atoms with Crippen LogP contribution in [0.25, 0.3) is 0 Å². The second kappa shape index (κ2) is 5.65. The zero-order valence-electron chi connectivity index (χ0n) is 9.43. The molecule has 0 spiro atoms. The normalized spacial score (nSPS) is 17.3. The fourth-order valence-corrected chi connectivity index (χ4v) is 2.31. The maximum Gasteiger partial charge on any atom is 0.263 e. The molecule has 1 aliphatic rings. The third-order valence-electron chi connectivity index (χ3n) is 2.90. The van der Waals surface area contributed by atoms with Crippen molar-refractivity contribution in [2.24, 2.45) is 0 Å². The molecule has 0 saturated carbocycles. The van der Waals surface area contributed by atoms with Gasteiger partial charge in [0.2, 0.25) is 0 Å². The Hall–Kier alpha value is -0.870. The van der Waals surface area contributed by atoms with Gasteiger partial charge in [-0.3, -0.25) is 0 Å². The standard InChI is InChI=1S/C12H15ClF2N2/c13-10-8-9(12(14)15)2-3-11(10)17-6-1-4-16-5-7-17/h2-3,8,12,16H,1,4-7H2. The Morgan fingerprint density at radius 2 is 2.06 bits per heavy atom. The Kier molecular flexibility index (Phi) is 4.18. The molecule has 1 aromatic rings. The lowest BCUT2D eigenvalue weighted by Crippen LogP contribution is -2.28. The van der Waals surface area contributed by atoms with Crippen LogP contribution in [0, 0.1) is 0 Å². The minimum absolute atomic E-state index is 0.0216. The summed E-state index contributed by atoms with van der Waals surface area (Å²) in [6, 6.07) is 4.50. The summed E-state index contributed by atoms with van der Waals surface area (Å²) in [7, 11) is 0. The highest BCUT2D eigenvalue weighted by Gasteiger charge is 2.15. The molecule has 0 aromatic heterocycles. The van der Waals surface area contributed by atoms with E-state index >= 15 is 0 Å². The first kappa shape index (κ1) is 12.6. The van der Waals surface area contributed by atoms with Gasteiger partial charge >= 0.3 is 0 Å². The quantitative estimate of drug-likeness (QED) is 0.879. The molecule has 0 unspecified atom stereocenters. The zero-order valence-corrected chi connectivity index (χ0v) is 10.2. The largest absolute Gasteiger partial charge is 0.369 e. The first-order valence-electron chi connectivity index (χ1n) is 5.72. The monoisotopic (exact) mass is 260 g/mol. The van der Waals surface area contributed by atoms with Gasteiger partial charge in [-0.15, -0.1) is 0 Å². The second-order valence-electron chi connectivity index (χ2n) is 4.10. The van der Waals surface area contributed by atoms with Gasteiger partial charge in [0.05, 0.1) is 10.7 Å². The van der Waals surface area contributed by atoms with E-state index in [4.69, 9.17) is 11.6 Å². The van der Waals surface area contributed by atoms with E-state index in [1.165, 1.54) is 12.1 Å². The molecule has 2 rings (SSSR count). The van der Waals surface area contributed by atoms with Gasteiger partial charge in [-0.05, 0) is 25.1 Å². The maximum absolute atomic E-state index is 12.5. The highest BCUT2D eigenvalue weighted by atomic mass is 35.5. The molecule has 0 bridgehead atoms. The van der Waals surface area contributed by atoms with Crippen molar-refractivity contribution in [1.29, 1.82) is 0 Å². The molecular weight excluding hydrogens is 246 g/mol. The predicted molar refractivity (Wildman–Crippen MR) is 66.1 cm³/mol. The Morgan fingerprint density at radius 1 is 1.24 bits per heavy atom. The average molecular weight is 261 g/mol. The van der Waals surface area contributed by atoms with Crippen molar-refractivity contribution in [2.75, 3.05) is 31.1 Å². The van der Waals surface area contributed by atoms with Crippen LogP contribution < -0.4 is 10.2 Å². The predicted octanol–water partition coefficient (Wildman–Crippen LogP) is 3.08. The van der Waals surface area contributed by atoms with Crippen LogP contribution in [0.3, 0.4) is 0 Å². The second-order valence-corrected chi connectivity index (χ2v) is 4.51. The minimum atomic E-state index is -2.47. The van der Waals surface area contributed by atoms with Crippen molar-refractivity contribution in [2.45, 2.75) is 12.8 Å². The molecule has 1 saturated heterocycles. The number of benzene rings is 1. The maximum atomic E-state index is 12.5. The minimum Gasteiger partial charge on any atom is -0.369 e.